The SMILES string of the molecule is CCn1c(CNC(=O)Cc2ccc(OC)cc2)nnc1SCC(=O)NCc1ccccc1. The van der Waals surface area contributed by atoms with Gasteiger partial charge >= 0.3 is 0 Å². The Morgan fingerprint density at radius 1 is 0.938 bits per heavy atom. The van der Waals surface area contributed by atoms with Gasteiger partial charge in [0, 0.05) is 13.1 Å². The van der Waals surface area contributed by atoms with Gasteiger partial charge in [-0.15, -0.1) is 10.2 Å². The number of hydrogen-bond acceptors (Lipinski definition) is 6. The van der Waals surface area contributed by atoms with Crippen LogP contribution in [0, 0.1) is 0 Å². The van der Waals surface area contributed by atoms with Gasteiger partial charge in [0.2, 0.25) is 11.8 Å². The Bertz CT molecular complexity index is 1020. The summed E-state index contributed by atoms with van der Waals surface area (Å²) in [6, 6.07) is 17.2. The van der Waals surface area contributed by atoms with Gasteiger partial charge in [-0.25, -0.2) is 0 Å². The predicted molar refractivity (Wildman–Crippen MR) is 123 cm³/mol. The third-order valence-electron chi connectivity index (χ3n) is 4.74. The lowest BCUT2D eigenvalue weighted by atomic mass is 10.1. The number of hydrogen-bond donors (Lipinski definition) is 2. The quantitative estimate of drug-likeness (QED) is 0.433. The van der Waals surface area contributed by atoms with E-state index < -0.39 is 0 Å². The number of rotatable bonds is 11. The Hall–Kier alpha value is -3.33. The third kappa shape index (κ3) is 6.84. The third-order valence-corrected chi connectivity index (χ3v) is 5.71. The Morgan fingerprint density at radius 3 is 2.34 bits per heavy atom. The molecule has 0 radical (unpaired) electrons. The van der Waals surface area contributed by atoms with Crippen molar-refractivity contribution in [3.63, 3.8) is 0 Å². The molecule has 3 aromatic rings. The van der Waals surface area contributed by atoms with E-state index in [9.17, 15) is 9.59 Å². The molecule has 0 saturated heterocycles. The van der Waals surface area contributed by atoms with E-state index in [1.165, 1.54) is 11.8 Å². The van der Waals surface area contributed by atoms with Gasteiger partial charge in [-0.2, -0.15) is 0 Å². The average Bonchev–Trinajstić information content (AvgIpc) is 3.23. The van der Waals surface area contributed by atoms with E-state index in [0.29, 0.717) is 24.1 Å². The molecule has 1 heterocycles. The number of amides is 2. The minimum atomic E-state index is -0.102. The summed E-state index contributed by atoms with van der Waals surface area (Å²) in [6.07, 6.45) is 0.271. The van der Waals surface area contributed by atoms with Crippen LogP contribution in [0.1, 0.15) is 23.9 Å². The lowest BCUT2D eigenvalue weighted by molar-refractivity contribution is -0.120. The highest BCUT2D eigenvalue weighted by atomic mass is 32.2. The highest BCUT2D eigenvalue weighted by Crippen LogP contribution is 2.17. The normalized spacial score (nSPS) is 10.6. The maximum absolute atomic E-state index is 12.3. The maximum atomic E-state index is 12.3. The average molecular weight is 454 g/mol. The van der Waals surface area contributed by atoms with Gasteiger partial charge in [-0.1, -0.05) is 54.2 Å². The van der Waals surface area contributed by atoms with Crippen LogP contribution < -0.4 is 15.4 Å². The van der Waals surface area contributed by atoms with Crippen LogP contribution in [0.15, 0.2) is 59.8 Å². The Kier molecular flexibility index (Phi) is 8.68. The second kappa shape index (κ2) is 11.9. The molecule has 0 atom stereocenters. The van der Waals surface area contributed by atoms with Crippen molar-refractivity contribution < 1.29 is 14.3 Å². The predicted octanol–water partition coefficient (Wildman–Crippen LogP) is 2.57. The molecule has 3 rings (SSSR count). The summed E-state index contributed by atoms with van der Waals surface area (Å²) < 4.78 is 7.04. The summed E-state index contributed by atoms with van der Waals surface area (Å²) in [5, 5.41) is 14.8. The fraction of sp³-hybridized carbons (Fsp3) is 0.304. The van der Waals surface area contributed by atoms with E-state index >= 15 is 0 Å². The van der Waals surface area contributed by atoms with Gasteiger partial charge in [0.15, 0.2) is 11.0 Å². The molecular weight excluding hydrogens is 426 g/mol. The zero-order valence-corrected chi connectivity index (χ0v) is 19.0. The molecular formula is C23H27N5O3S. The number of benzene rings is 2. The molecule has 8 nitrogen and oxygen atoms in total. The first-order valence-corrected chi connectivity index (χ1v) is 11.3. The molecule has 2 aromatic carbocycles. The van der Waals surface area contributed by atoms with Crippen LogP contribution in [0.2, 0.25) is 0 Å². The number of aromatic nitrogens is 3. The summed E-state index contributed by atoms with van der Waals surface area (Å²) in [7, 11) is 1.61. The molecule has 168 valence electrons. The van der Waals surface area contributed by atoms with E-state index in [1.807, 2.05) is 66.1 Å². The van der Waals surface area contributed by atoms with Crippen molar-refractivity contribution in [1.82, 2.24) is 25.4 Å². The molecule has 2 amide bonds. The van der Waals surface area contributed by atoms with Crippen LogP contribution in [-0.4, -0.2) is 39.4 Å². The zero-order chi connectivity index (χ0) is 22.8. The van der Waals surface area contributed by atoms with Crippen molar-refractivity contribution in [3.8, 4) is 5.75 Å². The molecule has 32 heavy (non-hydrogen) atoms. The van der Waals surface area contributed by atoms with E-state index in [1.54, 1.807) is 7.11 Å². The molecule has 0 saturated carbocycles. The van der Waals surface area contributed by atoms with Crippen molar-refractivity contribution in [2.75, 3.05) is 12.9 Å². The van der Waals surface area contributed by atoms with Gasteiger partial charge in [0.25, 0.3) is 0 Å². The number of ether oxygens (including phenoxy) is 1. The van der Waals surface area contributed by atoms with Crippen molar-refractivity contribution in [3.05, 3.63) is 71.5 Å². The fourth-order valence-electron chi connectivity index (χ4n) is 3.02. The summed E-state index contributed by atoms with van der Waals surface area (Å²) in [5.74, 6) is 1.48. The fourth-order valence-corrected chi connectivity index (χ4v) is 3.87. The molecule has 1 aromatic heterocycles. The second-order valence-electron chi connectivity index (χ2n) is 7.00. The van der Waals surface area contributed by atoms with Gasteiger partial charge in [0.1, 0.15) is 5.75 Å². The highest BCUT2D eigenvalue weighted by Gasteiger charge is 2.14. The Morgan fingerprint density at radius 2 is 1.66 bits per heavy atom. The lowest BCUT2D eigenvalue weighted by Crippen LogP contribution is -2.26. The molecule has 0 unspecified atom stereocenters. The molecule has 0 aliphatic carbocycles. The second-order valence-corrected chi connectivity index (χ2v) is 7.94. The monoisotopic (exact) mass is 453 g/mol. The van der Waals surface area contributed by atoms with Gasteiger partial charge < -0.3 is 19.9 Å². The minimum Gasteiger partial charge on any atom is -0.497 e. The number of carbonyl (C=O) groups is 2. The summed E-state index contributed by atoms with van der Waals surface area (Å²) in [6.45, 7) is 3.39. The highest BCUT2D eigenvalue weighted by molar-refractivity contribution is 7.99. The van der Waals surface area contributed by atoms with Gasteiger partial charge in [-0.3, -0.25) is 9.59 Å². The van der Waals surface area contributed by atoms with Crippen LogP contribution in [0.3, 0.4) is 0 Å². The summed E-state index contributed by atoms with van der Waals surface area (Å²) >= 11 is 1.33. The van der Waals surface area contributed by atoms with Crippen molar-refractivity contribution in [1.29, 1.82) is 0 Å². The number of thioether (sulfide) groups is 1. The topological polar surface area (TPSA) is 98.1 Å². The number of nitrogens with zero attached hydrogens (tertiary/aromatic N) is 3. The first kappa shape index (κ1) is 23.3. The van der Waals surface area contributed by atoms with Crippen molar-refractivity contribution >= 4 is 23.6 Å². The maximum Gasteiger partial charge on any atom is 0.230 e. The van der Waals surface area contributed by atoms with Crippen LogP contribution in [0.4, 0.5) is 0 Å². The largest absolute Gasteiger partial charge is 0.497 e. The van der Waals surface area contributed by atoms with E-state index in [-0.39, 0.29) is 30.5 Å². The standard InChI is InChI=1S/C23H27N5O3S/c1-3-28-20(15-25-21(29)13-17-9-11-19(31-2)12-10-17)26-27-23(28)32-16-22(30)24-14-18-7-5-4-6-8-18/h4-12H,3,13-16H2,1-2H3,(H,24,30)(H,25,29). The first-order chi connectivity index (χ1) is 15.6. The van der Waals surface area contributed by atoms with Crippen molar-refractivity contribution in [2.24, 2.45) is 0 Å². The minimum absolute atomic E-state index is 0.0705. The molecule has 0 aliphatic rings. The zero-order valence-electron chi connectivity index (χ0n) is 18.2. The molecule has 2 N–H and O–H groups in total. The van der Waals surface area contributed by atoms with Gasteiger partial charge in [-0.05, 0) is 30.2 Å². The van der Waals surface area contributed by atoms with E-state index in [0.717, 1.165) is 16.9 Å². The molecule has 0 aliphatic heterocycles. The van der Waals surface area contributed by atoms with E-state index in [4.69, 9.17) is 4.74 Å². The first-order valence-electron chi connectivity index (χ1n) is 10.3. The molecule has 0 spiro atoms. The smallest absolute Gasteiger partial charge is 0.230 e. The molecule has 9 heteroatoms. The molecule has 0 fully saturated rings. The number of nitrogens with one attached hydrogen (secondary N) is 2. The lowest BCUT2D eigenvalue weighted by Gasteiger charge is -2.09. The van der Waals surface area contributed by atoms with Gasteiger partial charge in [0.05, 0.1) is 25.8 Å². The number of carbonyl (C=O) groups excluding carboxylic acids is 2. The van der Waals surface area contributed by atoms with Crippen LogP contribution in [0.25, 0.3) is 0 Å². The van der Waals surface area contributed by atoms with Crippen LogP contribution >= 0.6 is 11.8 Å². The summed E-state index contributed by atoms with van der Waals surface area (Å²) in [4.78, 5) is 24.5. The Balaban J connectivity index is 1.47. The molecule has 0 bridgehead atoms. The van der Waals surface area contributed by atoms with E-state index in [2.05, 4.69) is 20.8 Å². The number of methoxy groups -OCH3 is 1. The summed E-state index contributed by atoms with van der Waals surface area (Å²) in [5.41, 5.74) is 1.95. The Labute approximate surface area is 191 Å². The van der Waals surface area contributed by atoms with Crippen molar-refractivity contribution in [2.45, 2.75) is 38.1 Å². The van der Waals surface area contributed by atoms with Crippen LogP contribution in [0.5, 0.6) is 5.75 Å². The van der Waals surface area contributed by atoms with Crippen LogP contribution in [-0.2, 0) is 35.6 Å².